The molecule has 1 heterocycles. The number of oxazole rings is 1. The number of rotatable bonds is 3. The molecule has 0 bridgehead atoms. The highest BCUT2D eigenvalue weighted by Gasteiger charge is 2.10. The van der Waals surface area contributed by atoms with Crippen LogP contribution in [-0.2, 0) is 0 Å². The van der Waals surface area contributed by atoms with Gasteiger partial charge in [0.15, 0.2) is 5.58 Å². The third-order valence-electron chi connectivity index (χ3n) is 3.19. The molecular weight excluding hydrogens is 278 g/mol. The van der Waals surface area contributed by atoms with E-state index in [0.717, 1.165) is 6.07 Å². The van der Waals surface area contributed by atoms with E-state index in [1.54, 1.807) is 25.1 Å². The van der Waals surface area contributed by atoms with Crippen LogP contribution < -0.4 is 11.1 Å². The topological polar surface area (TPSA) is 58.0 Å². The molecule has 1 aromatic heterocycles. The number of aromatic amines is 1. The Hall–Kier alpha value is -2.63. The van der Waals surface area contributed by atoms with Gasteiger partial charge in [0.25, 0.3) is 0 Å². The van der Waals surface area contributed by atoms with Gasteiger partial charge in [0.1, 0.15) is 11.6 Å². The van der Waals surface area contributed by atoms with Crippen LogP contribution in [0.4, 0.5) is 14.5 Å². The van der Waals surface area contributed by atoms with Crippen LogP contribution in [0, 0.1) is 11.6 Å². The number of aromatic nitrogens is 1. The first-order valence-electron chi connectivity index (χ1n) is 6.37. The molecule has 3 rings (SSSR count). The Balaban J connectivity index is 1.88. The fraction of sp³-hybridized carbons (Fsp3) is 0.133. The van der Waals surface area contributed by atoms with E-state index >= 15 is 0 Å². The Morgan fingerprint density at radius 1 is 1.14 bits per heavy atom. The molecule has 0 saturated carbocycles. The number of halogens is 2. The van der Waals surface area contributed by atoms with Crippen molar-refractivity contribution in [2.24, 2.45) is 0 Å². The monoisotopic (exact) mass is 290 g/mol. The summed E-state index contributed by atoms with van der Waals surface area (Å²) in [5.74, 6) is -1.76. The number of benzene rings is 2. The molecule has 3 aromatic rings. The van der Waals surface area contributed by atoms with Crippen molar-refractivity contribution in [2.45, 2.75) is 13.0 Å². The van der Waals surface area contributed by atoms with Gasteiger partial charge in [-0.3, -0.25) is 4.98 Å². The van der Waals surface area contributed by atoms with Crippen LogP contribution in [0.25, 0.3) is 11.1 Å². The van der Waals surface area contributed by atoms with E-state index in [2.05, 4.69) is 10.3 Å². The van der Waals surface area contributed by atoms with Gasteiger partial charge in [-0.05, 0) is 42.8 Å². The summed E-state index contributed by atoms with van der Waals surface area (Å²) >= 11 is 0. The summed E-state index contributed by atoms with van der Waals surface area (Å²) in [5.41, 5.74) is 2.21. The summed E-state index contributed by atoms with van der Waals surface area (Å²) in [6.45, 7) is 1.79. The van der Waals surface area contributed by atoms with Crippen molar-refractivity contribution < 1.29 is 13.2 Å². The number of H-pyrrole nitrogens is 1. The lowest BCUT2D eigenvalue weighted by Crippen LogP contribution is -2.07. The van der Waals surface area contributed by atoms with Gasteiger partial charge < -0.3 is 9.73 Å². The Morgan fingerprint density at radius 2 is 1.86 bits per heavy atom. The predicted molar refractivity (Wildman–Crippen MR) is 75.2 cm³/mol. The van der Waals surface area contributed by atoms with E-state index in [1.165, 1.54) is 12.1 Å². The highest BCUT2D eigenvalue weighted by Crippen LogP contribution is 2.23. The minimum absolute atomic E-state index is 0.300. The van der Waals surface area contributed by atoms with Gasteiger partial charge in [-0.15, -0.1) is 0 Å². The van der Waals surface area contributed by atoms with E-state index in [4.69, 9.17) is 4.42 Å². The third kappa shape index (κ3) is 2.79. The lowest BCUT2D eigenvalue weighted by molar-refractivity contribution is 0.555. The largest absolute Gasteiger partial charge is 0.417 e. The Labute approximate surface area is 118 Å². The molecule has 21 heavy (non-hydrogen) atoms. The van der Waals surface area contributed by atoms with Crippen molar-refractivity contribution in [3.05, 3.63) is 64.1 Å². The van der Waals surface area contributed by atoms with E-state index in [-0.39, 0.29) is 6.04 Å². The van der Waals surface area contributed by atoms with E-state index in [9.17, 15) is 13.6 Å². The maximum atomic E-state index is 13.2. The minimum atomic E-state index is -0.617. The molecule has 0 aliphatic carbocycles. The molecule has 0 fully saturated rings. The zero-order valence-corrected chi connectivity index (χ0v) is 11.1. The molecule has 0 spiro atoms. The van der Waals surface area contributed by atoms with Gasteiger partial charge >= 0.3 is 5.76 Å². The van der Waals surface area contributed by atoms with Crippen LogP contribution in [-0.4, -0.2) is 4.98 Å². The number of nitrogens with one attached hydrogen (secondary N) is 2. The average Bonchev–Trinajstić information content (AvgIpc) is 2.77. The van der Waals surface area contributed by atoms with Crippen LogP contribution >= 0.6 is 0 Å². The first kappa shape index (κ1) is 13.4. The zero-order chi connectivity index (χ0) is 15.0. The Morgan fingerprint density at radius 3 is 2.57 bits per heavy atom. The summed E-state index contributed by atoms with van der Waals surface area (Å²) in [6, 6.07) is 8.16. The fourth-order valence-corrected chi connectivity index (χ4v) is 2.20. The molecule has 4 nitrogen and oxygen atoms in total. The van der Waals surface area contributed by atoms with E-state index < -0.39 is 17.4 Å². The first-order chi connectivity index (χ1) is 10.0. The van der Waals surface area contributed by atoms with Crippen LogP contribution in [0.2, 0.25) is 0 Å². The molecular formula is C15H12F2N2O2. The Kier molecular flexibility index (Phi) is 3.21. The summed E-state index contributed by atoms with van der Waals surface area (Å²) in [7, 11) is 0. The SMILES string of the molecule is CC(Nc1ccc2oc(=O)[nH]c2c1)c1cc(F)cc(F)c1. The maximum absolute atomic E-state index is 13.2. The van der Waals surface area contributed by atoms with Crippen molar-refractivity contribution in [1.29, 1.82) is 0 Å². The van der Waals surface area contributed by atoms with Gasteiger partial charge in [0.2, 0.25) is 0 Å². The predicted octanol–water partition coefficient (Wildman–Crippen LogP) is 3.57. The van der Waals surface area contributed by atoms with E-state index in [1.807, 2.05) is 0 Å². The summed E-state index contributed by atoms with van der Waals surface area (Å²) in [5, 5.41) is 3.12. The second kappa shape index (κ2) is 5.05. The second-order valence-corrected chi connectivity index (χ2v) is 4.79. The van der Waals surface area contributed by atoms with Gasteiger partial charge in [0, 0.05) is 17.8 Å². The molecule has 0 aliphatic heterocycles. The van der Waals surface area contributed by atoms with Crippen molar-refractivity contribution in [2.75, 3.05) is 5.32 Å². The molecule has 0 radical (unpaired) electrons. The molecule has 1 atom stereocenters. The van der Waals surface area contributed by atoms with Crippen molar-refractivity contribution in [3.8, 4) is 0 Å². The van der Waals surface area contributed by atoms with Crippen LogP contribution in [0.3, 0.4) is 0 Å². The highest BCUT2D eigenvalue weighted by atomic mass is 19.1. The maximum Gasteiger partial charge on any atom is 0.417 e. The van der Waals surface area contributed by atoms with Crippen molar-refractivity contribution >= 4 is 16.8 Å². The van der Waals surface area contributed by atoms with Gasteiger partial charge in [-0.2, -0.15) is 0 Å². The van der Waals surface area contributed by atoms with Crippen LogP contribution in [0.15, 0.2) is 45.6 Å². The first-order valence-corrected chi connectivity index (χ1v) is 6.37. The molecule has 0 saturated heterocycles. The molecule has 6 heteroatoms. The van der Waals surface area contributed by atoms with Gasteiger partial charge in [0.05, 0.1) is 5.52 Å². The lowest BCUT2D eigenvalue weighted by Gasteiger charge is -2.16. The smallest absolute Gasteiger partial charge is 0.408 e. The van der Waals surface area contributed by atoms with Gasteiger partial charge in [-0.25, -0.2) is 13.6 Å². The molecule has 1 unspecified atom stereocenters. The Bertz CT molecular complexity index is 834. The molecule has 2 aromatic carbocycles. The number of hydrogen-bond donors (Lipinski definition) is 2. The molecule has 0 amide bonds. The number of hydrogen-bond acceptors (Lipinski definition) is 3. The minimum Gasteiger partial charge on any atom is -0.408 e. The molecule has 2 N–H and O–H groups in total. The van der Waals surface area contributed by atoms with Crippen molar-refractivity contribution in [3.63, 3.8) is 0 Å². The highest BCUT2D eigenvalue weighted by molar-refractivity contribution is 5.76. The summed E-state index contributed by atoms with van der Waals surface area (Å²) in [4.78, 5) is 13.6. The average molecular weight is 290 g/mol. The fourth-order valence-electron chi connectivity index (χ4n) is 2.20. The van der Waals surface area contributed by atoms with Crippen molar-refractivity contribution in [1.82, 2.24) is 4.98 Å². The third-order valence-corrected chi connectivity index (χ3v) is 3.19. The lowest BCUT2D eigenvalue weighted by atomic mass is 10.1. The number of fused-ring (bicyclic) bond motifs is 1. The standard InChI is InChI=1S/C15H12F2N2O2/c1-8(9-4-10(16)6-11(17)5-9)18-12-2-3-14-13(7-12)19-15(20)21-14/h2-8,18H,1H3,(H,19,20). The second-order valence-electron chi connectivity index (χ2n) is 4.79. The van der Waals surface area contributed by atoms with Crippen LogP contribution in [0.5, 0.6) is 0 Å². The zero-order valence-electron chi connectivity index (χ0n) is 11.1. The molecule has 108 valence electrons. The van der Waals surface area contributed by atoms with E-state index in [0.29, 0.717) is 22.4 Å². The summed E-state index contributed by atoms with van der Waals surface area (Å²) in [6.07, 6.45) is 0. The quantitative estimate of drug-likeness (QED) is 0.775. The molecule has 0 aliphatic rings. The normalized spacial score (nSPS) is 12.5. The number of anilines is 1. The summed E-state index contributed by atoms with van der Waals surface area (Å²) < 4.78 is 31.3. The van der Waals surface area contributed by atoms with Gasteiger partial charge in [-0.1, -0.05) is 0 Å². The van der Waals surface area contributed by atoms with Crippen LogP contribution in [0.1, 0.15) is 18.5 Å².